The molecule has 0 amide bonds. The minimum atomic E-state index is -0.561. The van der Waals surface area contributed by atoms with Crippen molar-refractivity contribution < 1.29 is 14.4 Å². The van der Waals surface area contributed by atoms with E-state index in [-0.39, 0.29) is 22.6 Å². The van der Waals surface area contributed by atoms with Gasteiger partial charge < -0.3 is 9.47 Å². The van der Waals surface area contributed by atoms with Crippen LogP contribution in [0.5, 0.6) is 11.5 Å². The normalized spacial score (nSPS) is 10.5. The van der Waals surface area contributed by atoms with Crippen LogP contribution < -0.4 is 9.47 Å². The highest BCUT2D eigenvalue weighted by Crippen LogP contribution is 2.36. The Bertz CT molecular complexity index is 936. The van der Waals surface area contributed by atoms with Gasteiger partial charge in [0.2, 0.25) is 0 Å². The smallest absolute Gasteiger partial charge is 0.280 e. The van der Waals surface area contributed by atoms with Gasteiger partial charge in [0, 0.05) is 0 Å². The van der Waals surface area contributed by atoms with Gasteiger partial charge in [-0.2, -0.15) is 10.5 Å². The van der Waals surface area contributed by atoms with Crippen LogP contribution in [0.3, 0.4) is 0 Å². The number of ether oxygens (including phenoxy) is 2. The Morgan fingerprint density at radius 3 is 2.40 bits per heavy atom. The maximum atomic E-state index is 11.4. The zero-order valence-corrected chi connectivity index (χ0v) is 13.5. The Morgan fingerprint density at radius 2 is 1.84 bits per heavy atom. The van der Waals surface area contributed by atoms with E-state index in [0.29, 0.717) is 16.9 Å². The minimum Gasteiger partial charge on any atom is -0.493 e. The Kier molecular flexibility index (Phi) is 5.34. The van der Waals surface area contributed by atoms with E-state index < -0.39 is 4.92 Å². The van der Waals surface area contributed by atoms with Crippen LogP contribution in [0.4, 0.5) is 5.69 Å². The van der Waals surface area contributed by atoms with Crippen molar-refractivity contribution in [2.45, 2.75) is 0 Å². The number of hydrogen-bond donors (Lipinski definition) is 0. The molecule has 124 valence electrons. The first-order chi connectivity index (χ1) is 12.0. The summed E-state index contributed by atoms with van der Waals surface area (Å²) < 4.78 is 10.2. The molecule has 0 fully saturated rings. The van der Waals surface area contributed by atoms with Crippen molar-refractivity contribution >= 4 is 17.3 Å². The number of methoxy groups -OCH3 is 2. The standard InChI is InChI=1S/C18H13N3O4/c1-24-17-8-14(16(21(22)23)9-18(17)25-2)7-15(11-20)13-5-3-4-12(6-13)10-19/h3-9H,1-2H3/b15-7-. The first-order valence-corrected chi connectivity index (χ1v) is 7.06. The van der Waals surface area contributed by atoms with Gasteiger partial charge in [-0.1, -0.05) is 12.1 Å². The van der Waals surface area contributed by atoms with Crippen molar-refractivity contribution in [3.8, 4) is 23.6 Å². The quantitative estimate of drug-likeness (QED) is 0.358. The van der Waals surface area contributed by atoms with Crippen LogP contribution in [0.15, 0.2) is 36.4 Å². The summed E-state index contributed by atoms with van der Waals surface area (Å²) >= 11 is 0. The van der Waals surface area contributed by atoms with E-state index in [1.54, 1.807) is 24.3 Å². The molecule has 0 aliphatic carbocycles. The third-order valence-electron chi connectivity index (χ3n) is 3.45. The summed E-state index contributed by atoms with van der Waals surface area (Å²) in [7, 11) is 2.80. The lowest BCUT2D eigenvalue weighted by Crippen LogP contribution is -1.97. The third-order valence-corrected chi connectivity index (χ3v) is 3.45. The van der Waals surface area contributed by atoms with Gasteiger partial charge in [0.15, 0.2) is 11.5 Å². The highest BCUT2D eigenvalue weighted by atomic mass is 16.6. The molecule has 0 aliphatic rings. The van der Waals surface area contributed by atoms with Crippen LogP contribution in [-0.2, 0) is 0 Å². The fourth-order valence-corrected chi connectivity index (χ4v) is 2.25. The number of rotatable bonds is 5. The minimum absolute atomic E-state index is 0.187. The van der Waals surface area contributed by atoms with Gasteiger partial charge in [-0.15, -0.1) is 0 Å². The molecule has 0 unspecified atom stereocenters. The number of hydrogen-bond acceptors (Lipinski definition) is 6. The summed E-state index contributed by atoms with van der Waals surface area (Å²) in [6.07, 6.45) is 1.39. The highest BCUT2D eigenvalue weighted by molar-refractivity contribution is 5.92. The van der Waals surface area contributed by atoms with Gasteiger partial charge in [0.1, 0.15) is 0 Å². The van der Waals surface area contributed by atoms with E-state index in [1.165, 1.54) is 32.4 Å². The molecule has 0 radical (unpaired) electrons. The molecule has 2 rings (SSSR count). The topological polar surface area (TPSA) is 109 Å². The Labute approximate surface area is 144 Å². The molecule has 0 saturated heterocycles. The Hall–Kier alpha value is -3.84. The number of nitrogens with zero attached hydrogens (tertiary/aromatic N) is 3. The molecule has 0 bridgehead atoms. The summed E-state index contributed by atoms with van der Waals surface area (Å²) in [6, 6.07) is 13.1. The van der Waals surface area contributed by atoms with Gasteiger partial charge in [0.05, 0.1) is 54.0 Å². The van der Waals surface area contributed by atoms with Crippen LogP contribution >= 0.6 is 0 Å². The Morgan fingerprint density at radius 1 is 1.16 bits per heavy atom. The first-order valence-electron chi connectivity index (χ1n) is 7.06. The average molecular weight is 335 g/mol. The van der Waals surface area contributed by atoms with Crippen molar-refractivity contribution in [2.75, 3.05) is 14.2 Å². The summed E-state index contributed by atoms with van der Waals surface area (Å²) in [5.74, 6) is 0.527. The zero-order valence-electron chi connectivity index (χ0n) is 13.5. The number of nitro groups is 1. The van der Waals surface area contributed by atoms with E-state index in [2.05, 4.69) is 0 Å². The van der Waals surface area contributed by atoms with Crippen molar-refractivity contribution in [2.24, 2.45) is 0 Å². The van der Waals surface area contributed by atoms with Crippen molar-refractivity contribution in [1.82, 2.24) is 0 Å². The van der Waals surface area contributed by atoms with Crippen molar-refractivity contribution in [1.29, 1.82) is 10.5 Å². The third kappa shape index (κ3) is 3.74. The molecule has 0 atom stereocenters. The van der Waals surface area contributed by atoms with Crippen LogP contribution in [0.2, 0.25) is 0 Å². The lowest BCUT2D eigenvalue weighted by atomic mass is 10.0. The van der Waals surface area contributed by atoms with Crippen LogP contribution in [0.1, 0.15) is 16.7 Å². The number of nitro benzene ring substituents is 1. The van der Waals surface area contributed by atoms with E-state index in [9.17, 15) is 15.4 Å². The Balaban J connectivity index is 2.66. The molecule has 2 aromatic carbocycles. The van der Waals surface area contributed by atoms with Crippen molar-refractivity contribution in [3.05, 3.63) is 63.2 Å². The molecule has 0 spiro atoms. The fraction of sp³-hybridized carbons (Fsp3) is 0.111. The van der Waals surface area contributed by atoms with E-state index in [4.69, 9.17) is 14.7 Å². The molecule has 2 aromatic rings. The maximum Gasteiger partial charge on any atom is 0.280 e. The lowest BCUT2D eigenvalue weighted by molar-refractivity contribution is -0.385. The predicted octanol–water partition coefficient (Wildman–Crippen LogP) is 3.55. The number of allylic oxidation sites excluding steroid dienone is 1. The van der Waals surface area contributed by atoms with E-state index >= 15 is 0 Å². The summed E-state index contributed by atoms with van der Waals surface area (Å²) in [5.41, 5.74) is 1.04. The second-order valence-electron chi connectivity index (χ2n) is 4.89. The predicted molar refractivity (Wildman–Crippen MR) is 90.8 cm³/mol. The van der Waals surface area contributed by atoms with Gasteiger partial charge in [0.25, 0.3) is 5.69 Å². The fourth-order valence-electron chi connectivity index (χ4n) is 2.25. The zero-order chi connectivity index (χ0) is 18.4. The van der Waals surface area contributed by atoms with Gasteiger partial charge >= 0.3 is 0 Å². The SMILES string of the molecule is COc1cc(/C=C(/C#N)c2cccc(C#N)c2)c([N+](=O)[O-])cc1OC. The molecule has 0 heterocycles. The van der Waals surface area contributed by atoms with Crippen LogP contribution in [-0.4, -0.2) is 19.1 Å². The van der Waals surface area contributed by atoms with Gasteiger partial charge in [-0.25, -0.2) is 0 Å². The van der Waals surface area contributed by atoms with Crippen LogP contribution in [0, 0.1) is 32.8 Å². The summed E-state index contributed by atoms with van der Waals surface area (Å²) in [6.45, 7) is 0. The second kappa shape index (κ2) is 7.62. The van der Waals surface area contributed by atoms with E-state index in [1.807, 2.05) is 12.1 Å². The summed E-state index contributed by atoms with van der Waals surface area (Å²) in [4.78, 5) is 10.8. The lowest BCUT2D eigenvalue weighted by Gasteiger charge is -2.09. The number of benzene rings is 2. The highest BCUT2D eigenvalue weighted by Gasteiger charge is 2.19. The number of nitriles is 2. The molecule has 25 heavy (non-hydrogen) atoms. The largest absolute Gasteiger partial charge is 0.493 e. The monoisotopic (exact) mass is 335 g/mol. The molecule has 0 N–H and O–H groups in total. The van der Waals surface area contributed by atoms with Crippen molar-refractivity contribution in [3.63, 3.8) is 0 Å². The van der Waals surface area contributed by atoms with Crippen LogP contribution in [0.25, 0.3) is 11.6 Å². The maximum absolute atomic E-state index is 11.4. The summed E-state index contributed by atoms with van der Waals surface area (Å²) in [5, 5.41) is 29.8. The molecular formula is C18H13N3O4. The van der Waals surface area contributed by atoms with Gasteiger partial charge in [-0.05, 0) is 29.8 Å². The van der Waals surface area contributed by atoms with Gasteiger partial charge in [-0.3, -0.25) is 10.1 Å². The molecular weight excluding hydrogens is 322 g/mol. The second-order valence-corrected chi connectivity index (χ2v) is 4.89. The molecule has 7 nitrogen and oxygen atoms in total. The van der Waals surface area contributed by atoms with E-state index in [0.717, 1.165) is 0 Å². The molecule has 0 aliphatic heterocycles. The molecule has 0 saturated carbocycles. The molecule has 0 aromatic heterocycles. The average Bonchev–Trinajstić information content (AvgIpc) is 2.65. The first kappa shape index (κ1) is 17.5. The molecule has 7 heteroatoms.